The predicted molar refractivity (Wildman–Crippen MR) is 78.4 cm³/mol. The quantitative estimate of drug-likeness (QED) is 0.382. The van der Waals surface area contributed by atoms with Crippen LogP contribution < -0.4 is 10.8 Å². The van der Waals surface area contributed by atoms with Crippen LogP contribution in [0.25, 0.3) is 10.8 Å². The summed E-state index contributed by atoms with van der Waals surface area (Å²) in [5.74, 6) is -0.157. The predicted octanol–water partition coefficient (Wildman–Crippen LogP) is 1.73. The normalized spacial score (nSPS) is 12.3. The van der Waals surface area contributed by atoms with Crippen LogP contribution in [0.3, 0.4) is 0 Å². The summed E-state index contributed by atoms with van der Waals surface area (Å²) < 4.78 is 0. The molecule has 19 heavy (non-hydrogen) atoms. The number of carbonyl (C=O) groups excluding carboxylic acids is 1. The maximum atomic E-state index is 11.3. The van der Waals surface area contributed by atoms with E-state index in [1.165, 1.54) is 5.39 Å². The van der Waals surface area contributed by atoms with Crippen LogP contribution in [-0.2, 0) is 11.3 Å². The Kier molecular flexibility index (Phi) is 4.79. The first-order valence-corrected chi connectivity index (χ1v) is 6.63. The van der Waals surface area contributed by atoms with Gasteiger partial charge in [-0.25, -0.2) is 5.48 Å². The van der Waals surface area contributed by atoms with Crippen molar-refractivity contribution in [3.63, 3.8) is 0 Å². The molecule has 0 saturated heterocycles. The maximum absolute atomic E-state index is 11.3. The van der Waals surface area contributed by atoms with Gasteiger partial charge in [0.1, 0.15) is 0 Å². The minimum absolute atomic E-state index is 0.319. The third-order valence-corrected chi connectivity index (χ3v) is 3.34. The number of hydrogen-bond acceptors (Lipinski definition) is 4. The number of amides is 1. The fraction of sp³-hybridized carbons (Fsp3) is 0.214. The molecule has 1 atom stereocenters. The number of nitrogens with one attached hydrogen (secondary N) is 2. The summed E-state index contributed by atoms with van der Waals surface area (Å²) in [6.45, 7) is 0.545. The lowest BCUT2D eigenvalue weighted by molar-refractivity contribution is -0.130. The summed E-state index contributed by atoms with van der Waals surface area (Å²) in [7, 11) is 0. The van der Waals surface area contributed by atoms with Crippen LogP contribution in [0.2, 0.25) is 0 Å². The molecule has 0 aliphatic carbocycles. The molecule has 2 aromatic carbocycles. The average Bonchev–Trinajstić information content (AvgIpc) is 2.47. The molecule has 2 rings (SSSR count). The molecule has 0 aliphatic heterocycles. The lowest BCUT2D eigenvalue weighted by atomic mass is 10.1. The van der Waals surface area contributed by atoms with E-state index < -0.39 is 11.9 Å². The van der Waals surface area contributed by atoms with Crippen molar-refractivity contribution in [2.24, 2.45) is 0 Å². The van der Waals surface area contributed by atoms with E-state index in [0.717, 1.165) is 10.9 Å². The van der Waals surface area contributed by atoms with Gasteiger partial charge in [-0.05, 0) is 22.4 Å². The maximum Gasteiger partial charge on any atom is 0.261 e. The summed E-state index contributed by atoms with van der Waals surface area (Å²) in [5, 5.41) is 14.0. The zero-order chi connectivity index (χ0) is 13.7. The van der Waals surface area contributed by atoms with Gasteiger partial charge in [-0.15, -0.1) is 0 Å². The van der Waals surface area contributed by atoms with Crippen molar-refractivity contribution >= 4 is 29.3 Å². The summed E-state index contributed by atoms with van der Waals surface area (Å²) >= 11 is 4.08. The molecule has 0 saturated carbocycles. The van der Waals surface area contributed by atoms with Crippen molar-refractivity contribution in [2.75, 3.05) is 5.75 Å². The Morgan fingerprint density at radius 2 is 1.95 bits per heavy atom. The fourth-order valence-electron chi connectivity index (χ4n) is 1.91. The van der Waals surface area contributed by atoms with E-state index in [1.807, 2.05) is 24.3 Å². The van der Waals surface area contributed by atoms with Crippen LogP contribution in [0, 0.1) is 0 Å². The molecule has 0 fully saturated rings. The first-order chi connectivity index (χ1) is 9.24. The molecular weight excluding hydrogens is 260 g/mol. The van der Waals surface area contributed by atoms with Crippen molar-refractivity contribution in [3.8, 4) is 0 Å². The molecule has 0 heterocycles. The first-order valence-electron chi connectivity index (χ1n) is 6.00. The van der Waals surface area contributed by atoms with Gasteiger partial charge in [0.2, 0.25) is 0 Å². The molecule has 0 unspecified atom stereocenters. The number of carbonyl (C=O) groups is 1. The highest BCUT2D eigenvalue weighted by molar-refractivity contribution is 7.80. The molecule has 1 amide bonds. The standard InChI is InChI=1S/C14H16N2O2S/c17-14(16-18)13(9-19)15-8-10-5-6-11-3-1-2-4-12(11)7-10/h1-7,13,15,18-19H,8-9H2,(H,16,17)/t13-/m0/s1. The Balaban J connectivity index is 2.07. The van der Waals surface area contributed by atoms with Crippen molar-refractivity contribution in [1.82, 2.24) is 10.8 Å². The number of fused-ring (bicyclic) bond motifs is 1. The lowest BCUT2D eigenvalue weighted by Gasteiger charge is -2.14. The van der Waals surface area contributed by atoms with E-state index in [9.17, 15) is 4.79 Å². The number of benzene rings is 2. The van der Waals surface area contributed by atoms with E-state index in [1.54, 1.807) is 5.48 Å². The van der Waals surface area contributed by atoms with Crippen LogP contribution in [0.5, 0.6) is 0 Å². The number of hydrogen-bond donors (Lipinski definition) is 4. The van der Waals surface area contributed by atoms with E-state index in [0.29, 0.717) is 12.3 Å². The van der Waals surface area contributed by atoms with Crippen LogP contribution >= 0.6 is 12.6 Å². The SMILES string of the molecule is O=C(NO)[C@H](CS)NCc1ccc2ccccc2c1. The van der Waals surface area contributed by atoms with E-state index in [-0.39, 0.29) is 0 Å². The Morgan fingerprint density at radius 1 is 1.21 bits per heavy atom. The molecule has 100 valence electrons. The molecule has 4 nitrogen and oxygen atoms in total. The van der Waals surface area contributed by atoms with Crippen LogP contribution in [0.1, 0.15) is 5.56 Å². The number of hydroxylamine groups is 1. The highest BCUT2D eigenvalue weighted by Crippen LogP contribution is 2.15. The van der Waals surface area contributed by atoms with Gasteiger partial charge in [0.25, 0.3) is 5.91 Å². The molecule has 0 aliphatic rings. The molecule has 3 N–H and O–H groups in total. The van der Waals surface area contributed by atoms with Crippen LogP contribution in [0.4, 0.5) is 0 Å². The van der Waals surface area contributed by atoms with Crippen LogP contribution in [-0.4, -0.2) is 22.9 Å². The highest BCUT2D eigenvalue weighted by atomic mass is 32.1. The first kappa shape index (κ1) is 13.9. The Bertz CT molecular complexity index is 574. The zero-order valence-electron chi connectivity index (χ0n) is 10.3. The molecule has 5 heteroatoms. The van der Waals surface area contributed by atoms with Crippen molar-refractivity contribution in [3.05, 3.63) is 48.0 Å². The third kappa shape index (κ3) is 3.47. The summed E-state index contributed by atoms with van der Waals surface area (Å²) in [5.41, 5.74) is 2.71. The molecule has 0 spiro atoms. The second kappa shape index (κ2) is 6.56. The van der Waals surface area contributed by atoms with Crippen molar-refractivity contribution in [1.29, 1.82) is 0 Å². The van der Waals surface area contributed by atoms with Crippen molar-refractivity contribution in [2.45, 2.75) is 12.6 Å². The Morgan fingerprint density at radius 3 is 2.63 bits per heavy atom. The van der Waals surface area contributed by atoms with Gasteiger partial charge < -0.3 is 5.32 Å². The summed E-state index contributed by atoms with van der Waals surface area (Å²) in [4.78, 5) is 11.3. The number of rotatable bonds is 5. The minimum Gasteiger partial charge on any atom is -0.301 e. The largest absolute Gasteiger partial charge is 0.301 e. The lowest BCUT2D eigenvalue weighted by Crippen LogP contribution is -2.44. The van der Waals surface area contributed by atoms with Gasteiger partial charge in [0.15, 0.2) is 0 Å². The second-order valence-corrected chi connectivity index (χ2v) is 4.64. The highest BCUT2D eigenvalue weighted by Gasteiger charge is 2.14. The minimum atomic E-state index is -0.514. The molecule has 2 aromatic rings. The number of thiol groups is 1. The Labute approximate surface area is 117 Å². The van der Waals surface area contributed by atoms with Gasteiger partial charge in [0.05, 0.1) is 6.04 Å². The zero-order valence-corrected chi connectivity index (χ0v) is 11.2. The van der Waals surface area contributed by atoms with E-state index in [4.69, 9.17) is 5.21 Å². The van der Waals surface area contributed by atoms with Gasteiger partial charge in [-0.1, -0.05) is 36.4 Å². The van der Waals surface area contributed by atoms with E-state index in [2.05, 4.69) is 36.1 Å². The van der Waals surface area contributed by atoms with Gasteiger partial charge >= 0.3 is 0 Å². The Hall–Kier alpha value is -1.56. The average molecular weight is 276 g/mol. The van der Waals surface area contributed by atoms with Crippen LogP contribution in [0.15, 0.2) is 42.5 Å². The monoisotopic (exact) mass is 276 g/mol. The van der Waals surface area contributed by atoms with Crippen molar-refractivity contribution < 1.29 is 10.0 Å². The summed E-state index contributed by atoms with van der Waals surface area (Å²) in [6, 6.07) is 13.7. The second-order valence-electron chi connectivity index (χ2n) is 4.27. The van der Waals surface area contributed by atoms with E-state index >= 15 is 0 Å². The molecule has 0 aromatic heterocycles. The third-order valence-electron chi connectivity index (χ3n) is 2.98. The molecule has 0 bridgehead atoms. The topological polar surface area (TPSA) is 61.4 Å². The van der Waals surface area contributed by atoms with Gasteiger partial charge in [-0.2, -0.15) is 12.6 Å². The molecular formula is C14H16N2O2S. The van der Waals surface area contributed by atoms with Gasteiger partial charge in [0, 0.05) is 12.3 Å². The fourth-order valence-corrected chi connectivity index (χ4v) is 2.20. The molecule has 0 radical (unpaired) electrons. The smallest absolute Gasteiger partial charge is 0.261 e. The summed E-state index contributed by atoms with van der Waals surface area (Å²) in [6.07, 6.45) is 0. The van der Waals surface area contributed by atoms with Gasteiger partial charge in [-0.3, -0.25) is 10.0 Å².